The minimum Gasteiger partial charge on any atom is -0.487 e. The molecule has 0 aromatic carbocycles. The van der Waals surface area contributed by atoms with Gasteiger partial charge in [-0.15, -0.1) is 5.10 Å². The van der Waals surface area contributed by atoms with Crippen LogP contribution in [0.4, 0.5) is 4.79 Å². The molecule has 2 atom stereocenters. The van der Waals surface area contributed by atoms with E-state index >= 15 is 0 Å². The number of nitriles is 1. The van der Waals surface area contributed by atoms with Crippen molar-refractivity contribution in [1.82, 2.24) is 24.9 Å². The number of carboxylic acids is 1. The van der Waals surface area contributed by atoms with Crippen molar-refractivity contribution in [2.24, 2.45) is 13.0 Å². The summed E-state index contributed by atoms with van der Waals surface area (Å²) in [6.07, 6.45) is 4.91. The number of carbonyl (C=O) groups excluding carboxylic acids is 1. The number of aliphatic carboxylic acids is 1. The Balaban J connectivity index is 1.48. The second-order valence-corrected chi connectivity index (χ2v) is 8.86. The zero-order chi connectivity index (χ0) is 24.2. The quantitative estimate of drug-likeness (QED) is 0.648. The molecular formula is C23H28N6O5. The van der Waals surface area contributed by atoms with Crippen molar-refractivity contribution >= 4 is 12.1 Å². The van der Waals surface area contributed by atoms with Crippen LogP contribution in [-0.2, 0) is 23.2 Å². The van der Waals surface area contributed by atoms with Crippen molar-refractivity contribution in [3.8, 4) is 23.2 Å². The van der Waals surface area contributed by atoms with Crippen molar-refractivity contribution in [3.05, 3.63) is 23.5 Å². The third-order valence-corrected chi connectivity index (χ3v) is 6.66. The smallest absolute Gasteiger partial charge is 0.410 e. The standard InChI is InChI=1S/C23H28N6O5/c1-28(15-6-4-7-15)23(32)33-13-19-21(26-27-29(19)2)17-9-10-20(18(12-24)25-17)34-16-8-3-5-14(11-16)22(30)31/h9-10,14-16H,3-8,11,13H2,1-2H3,(H,30,31)/t14-,16-/m0/s1. The Kier molecular flexibility index (Phi) is 6.95. The number of hydrogen-bond acceptors (Lipinski definition) is 8. The van der Waals surface area contributed by atoms with Gasteiger partial charge in [0.15, 0.2) is 11.4 Å². The van der Waals surface area contributed by atoms with Gasteiger partial charge in [0.2, 0.25) is 0 Å². The first-order valence-corrected chi connectivity index (χ1v) is 11.5. The van der Waals surface area contributed by atoms with Gasteiger partial charge in [-0.3, -0.25) is 4.79 Å². The molecule has 2 fully saturated rings. The van der Waals surface area contributed by atoms with Gasteiger partial charge >= 0.3 is 12.1 Å². The number of pyridine rings is 1. The Morgan fingerprint density at radius 3 is 2.71 bits per heavy atom. The molecule has 0 radical (unpaired) electrons. The van der Waals surface area contributed by atoms with Gasteiger partial charge in [-0.05, 0) is 57.1 Å². The highest BCUT2D eigenvalue weighted by Crippen LogP contribution is 2.31. The van der Waals surface area contributed by atoms with Gasteiger partial charge in [0.25, 0.3) is 0 Å². The van der Waals surface area contributed by atoms with Gasteiger partial charge in [0.1, 0.15) is 24.1 Å². The van der Waals surface area contributed by atoms with Gasteiger partial charge in [-0.1, -0.05) is 5.21 Å². The van der Waals surface area contributed by atoms with E-state index in [1.54, 1.807) is 31.1 Å². The van der Waals surface area contributed by atoms with Gasteiger partial charge in [-0.2, -0.15) is 5.26 Å². The number of aromatic nitrogens is 4. The molecule has 2 aliphatic rings. The lowest BCUT2D eigenvalue weighted by atomic mass is 9.87. The molecule has 180 valence electrons. The summed E-state index contributed by atoms with van der Waals surface area (Å²) in [6, 6.07) is 5.58. The minimum absolute atomic E-state index is 0.0325. The van der Waals surface area contributed by atoms with Gasteiger partial charge in [0, 0.05) is 20.1 Å². The van der Waals surface area contributed by atoms with E-state index in [4.69, 9.17) is 9.47 Å². The summed E-state index contributed by atoms with van der Waals surface area (Å²) < 4.78 is 13.0. The number of carboxylic acid groups (broad SMARTS) is 1. The number of nitrogens with zero attached hydrogens (tertiary/aromatic N) is 6. The summed E-state index contributed by atoms with van der Waals surface area (Å²) in [5, 5.41) is 27.1. The van der Waals surface area contributed by atoms with E-state index in [0.29, 0.717) is 35.7 Å². The molecule has 2 aliphatic carbocycles. The van der Waals surface area contributed by atoms with E-state index in [0.717, 1.165) is 32.1 Å². The van der Waals surface area contributed by atoms with Crippen molar-refractivity contribution < 1.29 is 24.2 Å². The maximum atomic E-state index is 12.4. The largest absolute Gasteiger partial charge is 0.487 e. The molecule has 1 amide bonds. The summed E-state index contributed by atoms with van der Waals surface area (Å²) >= 11 is 0. The SMILES string of the molecule is CN(C(=O)OCc1c(-c2ccc(O[C@H]3CCC[C@H](C(=O)O)C3)c(C#N)n2)nnn1C)C1CCC1. The molecule has 0 aliphatic heterocycles. The second-order valence-electron chi connectivity index (χ2n) is 8.86. The molecule has 34 heavy (non-hydrogen) atoms. The molecule has 0 bridgehead atoms. The Labute approximate surface area is 197 Å². The Morgan fingerprint density at radius 2 is 2.03 bits per heavy atom. The molecule has 11 heteroatoms. The van der Waals surface area contributed by atoms with Crippen molar-refractivity contribution in [3.63, 3.8) is 0 Å². The highest BCUT2D eigenvalue weighted by Gasteiger charge is 2.29. The van der Waals surface area contributed by atoms with Crippen molar-refractivity contribution in [2.45, 2.75) is 63.7 Å². The van der Waals surface area contributed by atoms with E-state index in [9.17, 15) is 20.0 Å². The molecule has 0 saturated heterocycles. The number of amides is 1. The average molecular weight is 469 g/mol. The lowest BCUT2D eigenvalue weighted by Crippen LogP contribution is -2.41. The zero-order valence-electron chi connectivity index (χ0n) is 19.3. The number of carbonyl (C=O) groups is 2. The monoisotopic (exact) mass is 468 g/mol. The third kappa shape index (κ3) is 4.95. The van der Waals surface area contributed by atoms with Gasteiger partial charge < -0.3 is 19.5 Å². The minimum atomic E-state index is -0.822. The van der Waals surface area contributed by atoms with E-state index < -0.39 is 18.0 Å². The highest BCUT2D eigenvalue weighted by molar-refractivity contribution is 5.70. The fourth-order valence-corrected chi connectivity index (χ4v) is 4.30. The number of ether oxygens (including phenoxy) is 2. The lowest BCUT2D eigenvalue weighted by Gasteiger charge is -2.33. The summed E-state index contributed by atoms with van der Waals surface area (Å²) in [5.41, 5.74) is 1.45. The molecule has 1 N–H and O–H groups in total. The zero-order valence-corrected chi connectivity index (χ0v) is 19.3. The Morgan fingerprint density at radius 1 is 1.26 bits per heavy atom. The first-order chi connectivity index (χ1) is 16.4. The predicted molar refractivity (Wildman–Crippen MR) is 119 cm³/mol. The maximum Gasteiger partial charge on any atom is 0.410 e. The fourth-order valence-electron chi connectivity index (χ4n) is 4.30. The van der Waals surface area contributed by atoms with Crippen LogP contribution in [0.3, 0.4) is 0 Å². The molecule has 2 heterocycles. The second kappa shape index (κ2) is 10.1. The summed E-state index contributed by atoms with van der Waals surface area (Å²) in [6.45, 7) is -0.0325. The Hall–Kier alpha value is -3.68. The fraction of sp³-hybridized carbons (Fsp3) is 0.565. The topological polar surface area (TPSA) is 143 Å². The van der Waals surface area contributed by atoms with Crippen LogP contribution in [0.5, 0.6) is 5.75 Å². The van der Waals surface area contributed by atoms with Crippen molar-refractivity contribution in [1.29, 1.82) is 5.26 Å². The van der Waals surface area contributed by atoms with Gasteiger partial charge in [-0.25, -0.2) is 14.5 Å². The van der Waals surface area contributed by atoms with E-state index in [1.165, 1.54) is 4.68 Å². The maximum absolute atomic E-state index is 12.4. The average Bonchev–Trinajstić information content (AvgIpc) is 3.16. The predicted octanol–water partition coefficient (Wildman–Crippen LogP) is 2.89. The van der Waals surface area contributed by atoms with Crippen LogP contribution >= 0.6 is 0 Å². The normalized spacial score (nSPS) is 20.1. The molecule has 4 rings (SSSR count). The van der Waals surface area contributed by atoms with Crippen LogP contribution in [-0.4, -0.2) is 61.2 Å². The third-order valence-electron chi connectivity index (χ3n) is 6.66. The molecule has 2 aromatic heterocycles. The molecule has 2 aromatic rings. The molecular weight excluding hydrogens is 440 g/mol. The summed E-state index contributed by atoms with van der Waals surface area (Å²) in [4.78, 5) is 29.7. The number of hydrogen-bond donors (Lipinski definition) is 1. The van der Waals surface area contributed by atoms with Crippen LogP contribution in [0.1, 0.15) is 56.3 Å². The van der Waals surface area contributed by atoms with E-state index in [1.807, 2.05) is 6.07 Å². The van der Waals surface area contributed by atoms with Crippen LogP contribution in [0.15, 0.2) is 12.1 Å². The molecule has 0 spiro atoms. The molecule has 2 saturated carbocycles. The van der Waals surface area contributed by atoms with Crippen LogP contribution in [0, 0.1) is 17.2 Å². The van der Waals surface area contributed by atoms with E-state index in [-0.39, 0.29) is 24.4 Å². The van der Waals surface area contributed by atoms with Crippen LogP contribution < -0.4 is 4.74 Å². The van der Waals surface area contributed by atoms with Crippen LogP contribution in [0.2, 0.25) is 0 Å². The van der Waals surface area contributed by atoms with Crippen molar-refractivity contribution in [2.75, 3.05) is 7.05 Å². The summed E-state index contributed by atoms with van der Waals surface area (Å²) in [5.74, 6) is -0.956. The first kappa shape index (κ1) is 23.5. The summed E-state index contributed by atoms with van der Waals surface area (Å²) in [7, 11) is 3.43. The number of aryl methyl sites for hydroxylation is 1. The van der Waals surface area contributed by atoms with E-state index in [2.05, 4.69) is 15.3 Å². The lowest BCUT2D eigenvalue weighted by molar-refractivity contribution is -0.143. The van der Waals surface area contributed by atoms with Crippen LogP contribution in [0.25, 0.3) is 11.4 Å². The molecule has 11 nitrogen and oxygen atoms in total. The van der Waals surface area contributed by atoms with Gasteiger partial charge in [0.05, 0.1) is 17.7 Å². The highest BCUT2D eigenvalue weighted by atomic mass is 16.6. The number of rotatable bonds is 7. The first-order valence-electron chi connectivity index (χ1n) is 11.5. The molecule has 0 unspecified atom stereocenters. The Bertz CT molecular complexity index is 1110.